The molecule has 2 unspecified atom stereocenters. The van der Waals surface area contributed by atoms with E-state index >= 15 is 0 Å². The summed E-state index contributed by atoms with van der Waals surface area (Å²) in [5.74, 6) is -0.338. The SMILES string of the molecule is CCCC(C#N)C(O)c1ccnn1C. The molecule has 0 bridgehead atoms. The lowest BCUT2D eigenvalue weighted by Crippen LogP contribution is -2.14. The molecule has 0 fully saturated rings. The van der Waals surface area contributed by atoms with Crippen molar-refractivity contribution in [2.45, 2.75) is 25.9 Å². The molecule has 0 saturated carbocycles. The summed E-state index contributed by atoms with van der Waals surface area (Å²) in [6, 6.07) is 3.87. The van der Waals surface area contributed by atoms with Gasteiger partial charge in [-0.3, -0.25) is 4.68 Å². The van der Waals surface area contributed by atoms with Crippen LogP contribution in [0.3, 0.4) is 0 Å². The van der Waals surface area contributed by atoms with Gasteiger partial charge in [0.05, 0.1) is 17.7 Å². The van der Waals surface area contributed by atoms with Crippen LogP contribution in [-0.2, 0) is 7.05 Å². The van der Waals surface area contributed by atoms with Crippen LogP contribution < -0.4 is 0 Å². The van der Waals surface area contributed by atoms with Gasteiger partial charge in [-0.2, -0.15) is 10.4 Å². The minimum absolute atomic E-state index is 0.338. The Morgan fingerprint density at radius 1 is 1.71 bits per heavy atom. The van der Waals surface area contributed by atoms with Crippen molar-refractivity contribution in [2.75, 3.05) is 0 Å². The maximum absolute atomic E-state index is 9.90. The van der Waals surface area contributed by atoms with Crippen molar-refractivity contribution in [3.05, 3.63) is 18.0 Å². The number of aliphatic hydroxyl groups excluding tert-OH is 1. The van der Waals surface area contributed by atoms with Crippen molar-refractivity contribution < 1.29 is 5.11 Å². The van der Waals surface area contributed by atoms with E-state index in [1.165, 1.54) is 0 Å². The van der Waals surface area contributed by atoms with E-state index in [1.807, 2.05) is 6.92 Å². The van der Waals surface area contributed by atoms with Crippen LogP contribution in [0.2, 0.25) is 0 Å². The molecule has 76 valence electrons. The summed E-state index contributed by atoms with van der Waals surface area (Å²) in [4.78, 5) is 0. The zero-order valence-electron chi connectivity index (χ0n) is 8.51. The second-order valence-electron chi connectivity index (χ2n) is 3.35. The summed E-state index contributed by atoms with van der Waals surface area (Å²) in [5.41, 5.74) is 0.699. The Morgan fingerprint density at radius 3 is 2.86 bits per heavy atom. The lowest BCUT2D eigenvalue weighted by Gasteiger charge is -2.15. The molecule has 4 nitrogen and oxygen atoms in total. The maximum Gasteiger partial charge on any atom is 0.111 e. The average Bonchev–Trinajstić information content (AvgIpc) is 2.59. The largest absolute Gasteiger partial charge is 0.385 e. The molecule has 1 N–H and O–H groups in total. The van der Waals surface area contributed by atoms with Gasteiger partial charge in [0, 0.05) is 13.2 Å². The topological polar surface area (TPSA) is 61.8 Å². The first-order valence-electron chi connectivity index (χ1n) is 4.76. The van der Waals surface area contributed by atoms with Gasteiger partial charge in [0.1, 0.15) is 6.10 Å². The van der Waals surface area contributed by atoms with Crippen molar-refractivity contribution >= 4 is 0 Å². The van der Waals surface area contributed by atoms with Gasteiger partial charge in [-0.15, -0.1) is 0 Å². The Kier molecular flexibility index (Phi) is 3.66. The molecule has 1 aromatic heterocycles. The van der Waals surface area contributed by atoms with Crippen LogP contribution >= 0.6 is 0 Å². The first-order chi connectivity index (χ1) is 6.70. The molecule has 0 aliphatic heterocycles. The van der Waals surface area contributed by atoms with Gasteiger partial charge >= 0.3 is 0 Å². The highest BCUT2D eigenvalue weighted by Crippen LogP contribution is 2.24. The lowest BCUT2D eigenvalue weighted by atomic mass is 9.96. The van der Waals surface area contributed by atoms with Crippen molar-refractivity contribution in [3.63, 3.8) is 0 Å². The van der Waals surface area contributed by atoms with Crippen LogP contribution in [0.4, 0.5) is 0 Å². The molecule has 0 amide bonds. The van der Waals surface area contributed by atoms with E-state index in [0.717, 1.165) is 6.42 Å². The van der Waals surface area contributed by atoms with Gasteiger partial charge < -0.3 is 5.11 Å². The van der Waals surface area contributed by atoms with Crippen LogP contribution in [-0.4, -0.2) is 14.9 Å². The third-order valence-corrected chi connectivity index (χ3v) is 2.31. The third kappa shape index (κ3) is 2.12. The quantitative estimate of drug-likeness (QED) is 0.786. The predicted molar refractivity (Wildman–Crippen MR) is 52.2 cm³/mol. The smallest absolute Gasteiger partial charge is 0.111 e. The summed E-state index contributed by atoms with van der Waals surface area (Å²) < 4.78 is 1.60. The molecular weight excluding hydrogens is 178 g/mol. The van der Waals surface area contributed by atoms with Crippen molar-refractivity contribution in [2.24, 2.45) is 13.0 Å². The van der Waals surface area contributed by atoms with Crippen molar-refractivity contribution in [1.29, 1.82) is 5.26 Å². The molecule has 0 aromatic carbocycles. The number of nitriles is 1. The van der Waals surface area contributed by atoms with E-state index < -0.39 is 6.10 Å². The third-order valence-electron chi connectivity index (χ3n) is 2.31. The number of rotatable bonds is 4. The van der Waals surface area contributed by atoms with Crippen molar-refractivity contribution in [3.8, 4) is 6.07 Å². The molecule has 1 heterocycles. The molecule has 0 aliphatic rings. The van der Waals surface area contributed by atoms with Crippen LogP contribution in [0.5, 0.6) is 0 Å². The summed E-state index contributed by atoms with van der Waals surface area (Å²) in [7, 11) is 1.76. The van der Waals surface area contributed by atoms with Gasteiger partial charge in [0.25, 0.3) is 0 Å². The number of aryl methyl sites for hydroxylation is 1. The van der Waals surface area contributed by atoms with E-state index in [2.05, 4.69) is 11.2 Å². The molecule has 2 atom stereocenters. The molecule has 14 heavy (non-hydrogen) atoms. The van der Waals surface area contributed by atoms with Gasteiger partial charge in [0.15, 0.2) is 0 Å². The summed E-state index contributed by atoms with van der Waals surface area (Å²) in [5, 5.41) is 22.7. The first kappa shape index (κ1) is 10.7. The Labute approximate surface area is 83.8 Å². The first-order valence-corrected chi connectivity index (χ1v) is 4.76. The van der Waals surface area contributed by atoms with Gasteiger partial charge in [-0.05, 0) is 12.5 Å². The minimum atomic E-state index is -0.729. The minimum Gasteiger partial charge on any atom is -0.385 e. The highest BCUT2D eigenvalue weighted by atomic mass is 16.3. The van der Waals surface area contributed by atoms with Gasteiger partial charge in [-0.1, -0.05) is 13.3 Å². The van der Waals surface area contributed by atoms with E-state index in [9.17, 15) is 5.11 Å². The fourth-order valence-corrected chi connectivity index (χ4v) is 1.48. The summed E-state index contributed by atoms with van der Waals surface area (Å²) in [6.45, 7) is 2.00. The predicted octanol–water partition coefficient (Wildman–Crippen LogP) is 1.39. The Bertz CT molecular complexity index is 326. The average molecular weight is 193 g/mol. The maximum atomic E-state index is 9.90. The summed E-state index contributed by atoms with van der Waals surface area (Å²) in [6.07, 6.45) is 2.50. The highest BCUT2D eigenvalue weighted by molar-refractivity contribution is 5.08. The molecule has 0 aliphatic carbocycles. The van der Waals surface area contributed by atoms with E-state index in [0.29, 0.717) is 12.1 Å². The number of aliphatic hydroxyl groups is 1. The number of hydrogen-bond acceptors (Lipinski definition) is 3. The van der Waals surface area contributed by atoms with Gasteiger partial charge in [-0.25, -0.2) is 0 Å². The zero-order valence-corrected chi connectivity index (χ0v) is 8.51. The Morgan fingerprint density at radius 2 is 2.43 bits per heavy atom. The second kappa shape index (κ2) is 4.77. The molecule has 1 rings (SSSR count). The molecule has 0 saturated heterocycles. The normalized spacial score (nSPS) is 14.7. The van der Waals surface area contributed by atoms with Crippen LogP contribution in [0.1, 0.15) is 31.6 Å². The van der Waals surface area contributed by atoms with E-state index in [-0.39, 0.29) is 5.92 Å². The molecule has 1 aromatic rings. The summed E-state index contributed by atoms with van der Waals surface area (Å²) >= 11 is 0. The molecule has 0 spiro atoms. The van der Waals surface area contributed by atoms with E-state index in [1.54, 1.807) is 24.0 Å². The second-order valence-corrected chi connectivity index (χ2v) is 3.35. The van der Waals surface area contributed by atoms with Gasteiger partial charge in [0.2, 0.25) is 0 Å². The lowest BCUT2D eigenvalue weighted by molar-refractivity contribution is 0.121. The number of aromatic nitrogens is 2. The standard InChI is InChI=1S/C10H15N3O/c1-3-4-8(7-11)10(14)9-5-6-12-13(9)2/h5-6,8,10,14H,3-4H2,1-2H3. The van der Waals surface area contributed by atoms with Crippen LogP contribution in [0.15, 0.2) is 12.3 Å². The Balaban J connectivity index is 2.78. The molecule has 4 heteroatoms. The number of nitrogens with zero attached hydrogens (tertiary/aromatic N) is 3. The monoisotopic (exact) mass is 193 g/mol. The van der Waals surface area contributed by atoms with E-state index in [4.69, 9.17) is 5.26 Å². The van der Waals surface area contributed by atoms with Crippen LogP contribution in [0, 0.1) is 17.2 Å². The fraction of sp³-hybridized carbons (Fsp3) is 0.600. The van der Waals surface area contributed by atoms with Crippen LogP contribution in [0.25, 0.3) is 0 Å². The fourth-order valence-electron chi connectivity index (χ4n) is 1.48. The highest BCUT2D eigenvalue weighted by Gasteiger charge is 2.21. The zero-order chi connectivity index (χ0) is 10.6. The molecule has 0 radical (unpaired) electrons. The molecular formula is C10H15N3O. The Hall–Kier alpha value is -1.34. The number of hydrogen-bond donors (Lipinski definition) is 1. The van der Waals surface area contributed by atoms with Crippen molar-refractivity contribution in [1.82, 2.24) is 9.78 Å².